The summed E-state index contributed by atoms with van der Waals surface area (Å²) in [5.41, 5.74) is 0.567. The second-order valence-electron chi connectivity index (χ2n) is 3.31. The average Bonchev–Trinajstić information content (AvgIpc) is 2.28. The molecule has 0 saturated heterocycles. The van der Waals surface area contributed by atoms with Crippen molar-refractivity contribution in [2.45, 2.75) is 13.8 Å². The van der Waals surface area contributed by atoms with Crippen LogP contribution in [0, 0.1) is 0 Å². The van der Waals surface area contributed by atoms with Gasteiger partial charge in [0, 0.05) is 11.1 Å². The van der Waals surface area contributed by atoms with Crippen LogP contribution in [-0.2, 0) is 9.59 Å². The van der Waals surface area contributed by atoms with Gasteiger partial charge in [-0.2, -0.15) is 9.98 Å². The zero-order valence-corrected chi connectivity index (χ0v) is 10.2. The lowest BCUT2D eigenvalue weighted by Gasteiger charge is -1.96. The lowest BCUT2D eigenvalue weighted by Crippen LogP contribution is -2.23. The highest BCUT2D eigenvalue weighted by Crippen LogP contribution is 1.85. The number of hydrogen-bond donors (Lipinski definition) is 2. The standard InChI is InChI=1S/C11H14N4O3/c1-7(2)9(16)12-5-14-11(18)15-6-13-10(17)8(3)4/h5-6H,1,3H2,2,4H3,(H2,12,13,14,15,16,17,18). The van der Waals surface area contributed by atoms with Crippen LogP contribution in [0.5, 0.6) is 0 Å². The Bertz CT molecular complexity index is 409. The lowest BCUT2D eigenvalue weighted by atomic mass is 10.3. The highest BCUT2D eigenvalue weighted by Gasteiger charge is 1.99. The molecule has 0 heterocycles. The molecule has 18 heavy (non-hydrogen) atoms. The molecule has 0 spiro atoms. The Labute approximate surface area is 104 Å². The minimum atomic E-state index is -0.876. The van der Waals surface area contributed by atoms with Gasteiger partial charge in [-0.25, -0.2) is 4.79 Å². The molecule has 96 valence electrons. The molecule has 2 N–H and O–H groups in total. The minimum absolute atomic E-state index is 0.283. The summed E-state index contributed by atoms with van der Waals surface area (Å²) in [6, 6.07) is -0.876. The Hall–Kier alpha value is -2.57. The van der Waals surface area contributed by atoms with Gasteiger partial charge >= 0.3 is 6.03 Å². The first-order valence-electron chi connectivity index (χ1n) is 4.86. The minimum Gasteiger partial charge on any atom is -0.313 e. The van der Waals surface area contributed by atoms with E-state index in [0.717, 1.165) is 12.7 Å². The van der Waals surface area contributed by atoms with Gasteiger partial charge in [0.15, 0.2) is 0 Å². The second-order valence-corrected chi connectivity index (χ2v) is 3.31. The first-order valence-corrected chi connectivity index (χ1v) is 4.86. The van der Waals surface area contributed by atoms with Crippen molar-refractivity contribution in [3.8, 4) is 0 Å². The zero-order chi connectivity index (χ0) is 14.1. The van der Waals surface area contributed by atoms with Crippen LogP contribution >= 0.6 is 0 Å². The van der Waals surface area contributed by atoms with Gasteiger partial charge in [-0.1, -0.05) is 13.2 Å². The van der Waals surface area contributed by atoms with Crippen LogP contribution in [-0.4, -0.2) is 30.5 Å². The van der Waals surface area contributed by atoms with E-state index in [1.54, 1.807) is 0 Å². The SMILES string of the molecule is C=C(C)C(=O)NC=NC(=O)N=CNC(=O)C(=C)C. The van der Waals surface area contributed by atoms with Crippen molar-refractivity contribution < 1.29 is 14.4 Å². The highest BCUT2D eigenvalue weighted by molar-refractivity contribution is 6.03. The molecule has 0 saturated carbocycles. The van der Waals surface area contributed by atoms with Gasteiger partial charge in [0.2, 0.25) is 0 Å². The summed E-state index contributed by atoms with van der Waals surface area (Å²) in [6.45, 7) is 9.81. The first kappa shape index (κ1) is 15.4. The smallest absolute Gasteiger partial charge is 0.313 e. The van der Waals surface area contributed by atoms with E-state index in [0.29, 0.717) is 0 Å². The molecule has 0 aliphatic carbocycles. The van der Waals surface area contributed by atoms with Crippen LogP contribution in [0.25, 0.3) is 0 Å². The van der Waals surface area contributed by atoms with Gasteiger partial charge in [0.1, 0.15) is 12.7 Å². The molecule has 0 aromatic carbocycles. The van der Waals surface area contributed by atoms with Crippen molar-refractivity contribution in [2.75, 3.05) is 0 Å². The van der Waals surface area contributed by atoms with Crippen LogP contribution in [0.2, 0.25) is 0 Å². The molecule has 0 aliphatic heterocycles. The summed E-state index contributed by atoms with van der Waals surface area (Å²) in [7, 11) is 0. The van der Waals surface area contributed by atoms with Gasteiger partial charge in [-0.15, -0.1) is 0 Å². The van der Waals surface area contributed by atoms with Gasteiger partial charge in [0.25, 0.3) is 11.8 Å². The largest absolute Gasteiger partial charge is 0.369 e. The molecule has 0 radical (unpaired) electrons. The fourth-order valence-electron chi connectivity index (χ4n) is 0.572. The van der Waals surface area contributed by atoms with Crippen molar-refractivity contribution in [1.82, 2.24) is 10.6 Å². The maximum absolute atomic E-state index is 11.0. The predicted octanol–water partition coefficient (Wildman–Crippen LogP) is 0.548. The number of nitrogens with one attached hydrogen (secondary N) is 2. The Morgan fingerprint density at radius 2 is 1.22 bits per heavy atom. The van der Waals surface area contributed by atoms with E-state index >= 15 is 0 Å². The molecule has 0 unspecified atom stereocenters. The van der Waals surface area contributed by atoms with Crippen molar-refractivity contribution in [2.24, 2.45) is 9.98 Å². The molecule has 0 fully saturated rings. The summed E-state index contributed by atoms with van der Waals surface area (Å²) in [6.07, 6.45) is 1.80. The molecular weight excluding hydrogens is 236 g/mol. The quantitative estimate of drug-likeness (QED) is 0.433. The van der Waals surface area contributed by atoms with Crippen LogP contribution in [0.4, 0.5) is 4.79 Å². The Morgan fingerprint density at radius 1 is 0.889 bits per heavy atom. The molecule has 4 amide bonds. The molecule has 0 aromatic rings. The molecule has 0 atom stereocenters. The summed E-state index contributed by atoms with van der Waals surface area (Å²) < 4.78 is 0. The normalized spacial score (nSPS) is 10.3. The maximum Gasteiger partial charge on any atom is 0.369 e. The lowest BCUT2D eigenvalue weighted by molar-refractivity contribution is -0.116. The van der Waals surface area contributed by atoms with E-state index in [4.69, 9.17) is 0 Å². The van der Waals surface area contributed by atoms with Gasteiger partial charge in [-0.3, -0.25) is 9.59 Å². The van der Waals surface area contributed by atoms with Gasteiger partial charge < -0.3 is 10.6 Å². The summed E-state index contributed by atoms with van der Waals surface area (Å²) in [5, 5.41) is 4.41. The summed E-state index contributed by atoms with van der Waals surface area (Å²) >= 11 is 0. The third-order valence-electron chi connectivity index (χ3n) is 1.52. The summed E-state index contributed by atoms with van der Waals surface area (Å²) in [4.78, 5) is 39.5. The number of urea groups is 1. The molecule has 7 nitrogen and oxygen atoms in total. The fourth-order valence-corrected chi connectivity index (χ4v) is 0.572. The van der Waals surface area contributed by atoms with Crippen molar-refractivity contribution in [3.63, 3.8) is 0 Å². The average molecular weight is 250 g/mol. The third kappa shape index (κ3) is 6.83. The van der Waals surface area contributed by atoms with Gasteiger partial charge in [-0.05, 0) is 13.8 Å². The van der Waals surface area contributed by atoms with E-state index in [2.05, 4.69) is 33.8 Å². The number of nitrogens with zero attached hydrogens (tertiary/aromatic N) is 2. The Morgan fingerprint density at radius 3 is 1.50 bits per heavy atom. The number of aliphatic imine (C=N–C) groups is 2. The molecule has 0 bridgehead atoms. The first-order chi connectivity index (χ1) is 8.34. The van der Waals surface area contributed by atoms with Crippen molar-refractivity contribution >= 4 is 30.5 Å². The number of hydrogen-bond acceptors (Lipinski definition) is 3. The maximum atomic E-state index is 11.0. The molecule has 0 rings (SSSR count). The Balaban J connectivity index is 4.12. The van der Waals surface area contributed by atoms with Crippen LogP contribution < -0.4 is 10.6 Å². The predicted molar refractivity (Wildman–Crippen MR) is 68.3 cm³/mol. The summed E-state index contributed by atoms with van der Waals surface area (Å²) in [5.74, 6) is -0.905. The van der Waals surface area contributed by atoms with E-state index in [-0.39, 0.29) is 11.1 Å². The van der Waals surface area contributed by atoms with E-state index in [1.165, 1.54) is 13.8 Å². The molecule has 0 aliphatic rings. The van der Waals surface area contributed by atoms with Crippen molar-refractivity contribution in [1.29, 1.82) is 0 Å². The molecule has 7 heteroatoms. The van der Waals surface area contributed by atoms with Crippen LogP contribution in [0.1, 0.15) is 13.8 Å². The number of rotatable bonds is 4. The third-order valence-corrected chi connectivity index (χ3v) is 1.52. The second kappa shape index (κ2) is 7.66. The van der Waals surface area contributed by atoms with Crippen LogP contribution in [0.15, 0.2) is 34.3 Å². The number of carbonyl (C=O) groups excluding carboxylic acids is 3. The number of carbonyl (C=O) groups is 3. The van der Waals surface area contributed by atoms with E-state index < -0.39 is 17.8 Å². The Kier molecular flexibility index (Phi) is 6.57. The van der Waals surface area contributed by atoms with Crippen LogP contribution in [0.3, 0.4) is 0 Å². The molecular formula is C11H14N4O3. The highest BCUT2D eigenvalue weighted by atomic mass is 16.2. The van der Waals surface area contributed by atoms with E-state index in [1.807, 2.05) is 0 Å². The number of amides is 4. The zero-order valence-electron chi connectivity index (χ0n) is 10.2. The monoisotopic (exact) mass is 250 g/mol. The topological polar surface area (TPSA) is 100.0 Å². The fraction of sp³-hybridized carbons (Fsp3) is 0.182. The molecule has 0 aromatic heterocycles. The van der Waals surface area contributed by atoms with Gasteiger partial charge in [0.05, 0.1) is 0 Å². The van der Waals surface area contributed by atoms with Crippen molar-refractivity contribution in [3.05, 3.63) is 24.3 Å². The van der Waals surface area contributed by atoms with E-state index in [9.17, 15) is 14.4 Å².